The maximum atomic E-state index is 11.8. The SMILES string of the molecule is C[C@@H]1CC[C@@]2(OC1)O[C@H]1C[C@H]3[C@@H]4CCC5CC(O)CC[C@]5(C)[C@H]4C(O)C(O)[C@]3(C)[C@H]1[C@@H]2C. The van der Waals surface area contributed by atoms with Crippen molar-refractivity contribution in [3.05, 3.63) is 0 Å². The smallest absolute Gasteiger partial charge is 0.171 e. The molecule has 182 valence electrons. The Hall–Kier alpha value is -0.200. The van der Waals surface area contributed by atoms with Crippen LogP contribution in [0.3, 0.4) is 0 Å². The highest BCUT2D eigenvalue weighted by Gasteiger charge is 2.73. The van der Waals surface area contributed by atoms with E-state index in [1.165, 1.54) is 0 Å². The Morgan fingerprint density at radius 3 is 2.38 bits per heavy atom. The standard InChI is InChI=1S/C27H44O5/c1-14-7-10-27(31-13-14)15(2)21-20(32-27)12-19-18-6-5-16-11-17(28)8-9-25(16,3)22(18)23(29)24(30)26(19,21)4/h14-24,28-30H,5-13H2,1-4H3/t14-,15+,16?,17?,18+,19+,20+,21+,22-,23?,24?,25+,26+,27-/m1/s1. The van der Waals surface area contributed by atoms with E-state index >= 15 is 0 Å². The Labute approximate surface area is 193 Å². The van der Waals surface area contributed by atoms with Gasteiger partial charge in [0.25, 0.3) is 0 Å². The lowest BCUT2D eigenvalue weighted by atomic mass is 9.43. The first-order valence-electron chi connectivity index (χ1n) is 13.5. The number of hydrogen-bond acceptors (Lipinski definition) is 5. The maximum Gasteiger partial charge on any atom is 0.171 e. The minimum atomic E-state index is -0.727. The molecule has 5 heteroatoms. The molecule has 3 N–H and O–H groups in total. The molecule has 4 aliphatic carbocycles. The Morgan fingerprint density at radius 2 is 1.66 bits per heavy atom. The van der Waals surface area contributed by atoms with Crippen molar-refractivity contribution in [1.82, 2.24) is 0 Å². The van der Waals surface area contributed by atoms with Crippen LogP contribution in [-0.4, -0.2) is 52.1 Å². The van der Waals surface area contributed by atoms with Crippen LogP contribution in [0, 0.1) is 52.3 Å². The van der Waals surface area contributed by atoms with Crippen LogP contribution in [0.1, 0.15) is 79.1 Å². The first kappa shape index (κ1) is 22.3. The number of fused-ring (bicyclic) bond motifs is 7. The number of aliphatic hydroxyl groups is 3. The van der Waals surface area contributed by atoms with Crippen molar-refractivity contribution in [2.24, 2.45) is 52.3 Å². The quantitative estimate of drug-likeness (QED) is 0.526. The van der Waals surface area contributed by atoms with Crippen LogP contribution in [0.2, 0.25) is 0 Å². The molecule has 0 aromatic rings. The molecule has 4 saturated carbocycles. The summed E-state index contributed by atoms with van der Waals surface area (Å²) in [7, 11) is 0. The van der Waals surface area contributed by atoms with E-state index in [1.54, 1.807) is 0 Å². The van der Waals surface area contributed by atoms with Gasteiger partial charge in [-0.3, -0.25) is 0 Å². The molecule has 2 saturated heterocycles. The third-order valence-corrected chi connectivity index (χ3v) is 12.0. The summed E-state index contributed by atoms with van der Waals surface area (Å²) < 4.78 is 13.2. The molecule has 2 aliphatic heterocycles. The Kier molecular flexibility index (Phi) is 4.99. The van der Waals surface area contributed by atoms with Gasteiger partial charge in [0.05, 0.1) is 31.0 Å². The van der Waals surface area contributed by atoms with Gasteiger partial charge in [0.2, 0.25) is 0 Å². The van der Waals surface area contributed by atoms with E-state index < -0.39 is 18.0 Å². The topological polar surface area (TPSA) is 79.2 Å². The molecule has 6 aliphatic rings. The zero-order valence-corrected chi connectivity index (χ0v) is 20.4. The molecule has 32 heavy (non-hydrogen) atoms. The number of rotatable bonds is 0. The number of hydrogen-bond donors (Lipinski definition) is 3. The average molecular weight is 449 g/mol. The van der Waals surface area contributed by atoms with Gasteiger partial charge in [0, 0.05) is 23.7 Å². The molecular weight excluding hydrogens is 404 g/mol. The van der Waals surface area contributed by atoms with E-state index in [0.717, 1.165) is 58.0 Å². The first-order chi connectivity index (χ1) is 15.1. The highest BCUT2D eigenvalue weighted by Crippen LogP contribution is 2.71. The Bertz CT molecular complexity index is 748. The molecule has 6 fully saturated rings. The molecule has 5 nitrogen and oxygen atoms in total. The molecule has 14 atom stereocenters. The molecule has 2 heterocycles. The van der Waals surface area contributed by atoms with Gasteiger partial charge in [-0.1, -0.05) is 27.7 Å². The summed E-state index contributed by atoms with van der Waals surface area (Å²) >= 11 is 0. The lowest BCUT2D eigenvalue weighted by molar-refractivity contribution is -0.278. The van der Waals surface area contributed by atoms with Crippen LogP contribution < -0.4 is 0 Å². The zero-order valence-electron chi connectivity index (χ0n) is 20.4. The molecule has 6 rings (SSSR count). The lowest BCUT2D eigenvalue weighted by Crippen LogP contribution is -2.65. The highest BCUT2D eigenvalue weighted by atomic mass is 16.7. The molecule has 1 spiro atoms. The number of aliphatic hydroxyl groups excluding tert-OH is 3. The largest absolute Gasteiger partial charge is 0.393 e. The van der Waals surface area contributed by atoms with E-state index in [1.807, 2.05) is 0 Å². The maximum absolute atomic E-state index is 11.8. The van der Waals surface area contributed by atoms with Gasteiger partial charge in [0.15, 0.2) is 5.79 Å². The molecule has 4 unspecified atom stereocenters. The fourth-order valence-electron chi connectivity index (χ4n) is 10.3. The van der Waals surface area contributed by atoms with E-state index in [0.29, 0.717) is 23.7 Å². The predicted molar refractivity (Wildman–Crippen MR) is 121 cm³/mol. The van der Waals surface area contributed by atoms with E-state index in [2.05, 4.69) is 27.7 Å². The number of ether oxygens (including phenoxy) is 2. The predicted octanol–water partition coefficient (Wildman–Crippen LogP) is 3.74. The van der Waals surface area contributed by atoms with Crippen LogP contribution in [0.5, 0.6) is 0 Å². The van der Waals surface area contributed by atoms with Crippen molar-refractivity contribution in [2.45, 2.75) is 109 Å². The van der Waals surface area contributed by atoms with Crippen molar-refractivity contribution >= 4 is 0 Å². The van der Waals surface area contributed by atoms with Crippen molar-refractivity contribution < 1.29 is 24.8 Å². The summed E-state index contributed by atoms with van der Waals surface area (Å²) in [5.41, 5.74) is -0.324. The first-order valence-corrected chi connectivity index (χ1v) is 13.5. The van der Waals surface area contributed by atoms with E-state index in [9.17, 15) is 15.3 Å². The monoisotopic (exact) mass is 448 g/mol. The second-order valence-corrected chi connectivity index (χ2v) is 13.3. The normalized spacial score (nSPS) is 64.0. The van der Waals surface area contributed by atoms with Crippen LogP contribution in [0.25, 0.3) is 0 Å². The summed E-state index contributed by atoms with van der Waals surface area (Å²) in [4.78, 5) is 0. The van der Waals surface area contributed by atoms with Gasteiger partial charge in [0.1, 0.15) is 0 Å². The van der Waals surface area contributed by atoms with Gasteiger partial charge in [-0.15, -0.1) is 0 Å². The van der Waals surface area contributed by atoms with E-state index in [-0.39, 0.29) is 40.8 Å². The zero-order chi connectivity index (χ0) is 22.6. The van der Waals surface area contributed by atoms with Gasteiger partial charge in [-0.05, 0) is 80.0 Å². The summed E-state index contributed by atoms with van der Waals surface area (Å²) in [5, 5.41) is 33.8. The summed E-state index contributed by atoms with van der Waals surface area (Å²) in [5.74, 6) is 1.92. The fourth-order valence-corrected chi connectivity index (χ4v) is 10.3. The van der Waals surface area contributed by atoms with Gasteiger partial charge in [-0.2, -0.15) is 0 Å². The van der Waals surface area contributed by atoms with Crippen molar-refractivity contribution in [3.8, 4) is 0 Å². The Morgan fingerprint density at radius 1 is 0.875 bits per heavy atom. The lowest BCUT2D eigenvalue weighted by Gasteiger charge is -2.64. The third-order valence-electron chi connectivity index (χ3n) is 12.0. The van der Waals surface area contributed by atoms with Crippen molar-refractivity contribution in [1.29, 1.82) is 0 Å². The minimum absolute atomic E-state index is 0.0118. The van der Waals surface area contributed by atoms with Crippen LogP contribution in [0.15, 0.2) is 0 Å². The van der Waals surface area contributed by atoms with Gasteiger partial charge >= 0.3 is 0 Å². The molecule has 0 aromatic carbocycles. The second-order valence-electron chi connectivity index (χ2n) is 13.3. The van der Waals surface area contributed by atoms with Gasteiger partial charge in [-0.25, -0.2) is 0 Å². The highest BCUT2D eigenvalue weighted by molar-refractivity contribution is 5.20. The molecule has 0 amide bonds. The van der Waals surface area contributed by atoms with Crippen LogP contribution in [-0.2, 0) is 9.47 Å². The molecule has 0 aromatic heterocycles. The summed E-state index contributed by atoms with van der Waals surface area (Å²) in [6.07, 6.45) is 6.44. The average Bonchev–Trinajstić information content (AvgIpc) is 3.20. The Balaban J connectivity index is 1.33. The van der Waals surface area contributed by atoms with Crippen molar-refractivity contribution in [3.63, 3.8) is 0 Å². The summed E-state index contributed by atoms with van der Waals surface area (Å²) in [6, 6.07) is 0. The second kappa shape index (κ2) is 7.16. The van der Waals surface area contributed by atoms with Crippen LogP contribution >= 0.6 is 0 Å². The van der Waals surface area contributed by atoms with Gasteiger partial charge < -0.3 is 24.8 Å². The van der Waals surface area contributed by atoms with Crippen LogP contribution in [0.4, 0.5) is 0 Å². The fraction of sp³-hybridized carbons (Fsp3) is 1.00. The molecule has 0 radical (unpaired) electrons. The third kappa shape index (κ3) is 2.69. The minimum Gasteiger partial charge on any atom is -0.393 e. The van der Waals surface area contributed by atoms with E-state index in [4.69, 9.17) is 9.47 Å². The summed E-state index contributed by atoms with van der Waals surface area (Å²) in [6.45, 7) is 9.88. The molecular formula is C27H44O5. The van der Waals surface area contributed by atoms with Crippen molar-refractivity contribution in [2.75, 3.05) is 6.61 Å². The molecule has 0 bridgehead atoms.